The first kappa shape index (κ1) is 67.7. The van der Waals surface area contributed by atoms with Gasteiger partial charge in [0.15, 0.2) is 5.82 Å². The van der Waals surface area contributed by atoms with Gasteiger partial charge in [-0.1, -0.05) is 51.1 Å². The van der Waals surface area contributed by atoms with Crippen LogP contribution in [0.2, 0.25) is 0 Å². The van der Waals surface area contributed by atoms with Crippen LogP contribution in [0, 0.1) is 24.0 Å². The number of halogens is 2. The molecule has 5 amide bonds. The van der Waals surface area contributed by atoms with E-state index in [0.29, 0.717) is 119 Å². The van der Waals surface area contributed by atoms with Gasteiger partial charge in [-0.3, -0.25) is 29.2 Å². The number of aromatic nitrogens is 3. The van der Waals surface area contributed by atoms with Gasteiger partial charge in [-0.25, -0.2) is 18.6 Å². The molecule has 0 bridgehead atoms. The number of nitrogens with zero attached hydrogens (tertiary/aromatic N) is 5. The zero-order valence-corrected chi connectivity index (χ0v) is 52.8. The summed E-state index contributed by atoms with van der Waals surface area (Å²) in [7, 11) is 0. The van der Waals surface area contributed by atoms with E-state index in [-0.39, 0.29) is 70.3 Å². The van der Waals surface area contributed by atoms with Gasteiger partial charge < -0.3 is 69.9 Å². The SMILES string of the molecule is Cc1ncsc1-c1ccc(CNC(=O)[C@@H]2C[C@@H](O)CN2C(=O)[C@@H](NC(=O)OCCOCCOCCOCCOCCNC(=O)CN2CCN(c3ccc(C(=O)Nc4n[nH]c5ccc(Cc6cc(F)cc(F)c6)cc45)c(NC4CCOCC4)c3)CC2)C(C)(C)C)cc1. The number of rotatable bonds is 30. The number of fused-ring (bicyclic) bond motifs is 1. The molecule has 7 N–H and O–H groups in total. The smallest absolute Gasteiger partial charge is 0.407 e. The van der Waals surface area contributed by atoms with Gasteiger partial charge in [0.2, 0.25) is 17.7 Å². The standard InChI is InChI=1S/C65H83F2N11O12S/c1-42-58(91-41-70-42)46-8-5-43(6-9-46)38-69-62(82)56-37-51(79)39-78(56)63(83)59(65(2,3)4)72-64(84)90-30-29-89-28-27-88-26-25-87-24-23-86-22-15-68-57(80)40-76-16-18-77(19-17-76)50-10-11-52(55(36-50)71-49-13-20-85-21-14-49)61(81)73-60-53-34-44(7-12-54(53)74-75-60)31-45-32-47(66)35-48(67)33-45/h5-12,32-36,41,49,51,56,59,71,79H,13-31,37-40H2,1-4H3,(H,68,80)(H,69,82)(H,72,84)(H2,73,74,75,81)/t51-,56+,59-/m1/s1. The van der Waals surface area contributed by atoms with E-state index in [1.54, 1.807) is 37.6 Å². The second-order valence-electron chi connectivity index (χ2n) is 23.8. The van der Waals surface area contributed by atoms with E-state index in [0.717, 1.165) is 51.9 Å². The van der Waals surface area contributed by atoms with Crippen molar-refractivity contribution < 1.29 is 66.3 Å². The second-order valence-corrected chi connectivity index (χ2v) is 24.7. The number of piperazine rings is 1. The van der Waals surface area contributed by atoms with Crippen LogP contribution in [0.3, 0.4) is 0 Å². The third kappa shape index (κ3) is 19.9. The van der Waals surface area contributed by atoms with E-state index in [2.05, 4.69) is 51.6 Å². The number of H-pyrrole nitrogens is 1. The maximum absolute atomic E-state index is 14.0. The lowest BCUT2D eigenvalue weighted by atomic mass is 9.85. The number of β-amino-alcohol motifs (C(OH)–C–C–N with tert-alkyl or cyclic N) is 1. The monoisotopic (exact) mass is 1280 g/mol. The first-order valence-electron chi connectivity index (χ1n) is 30.9. The van der Waals surface area contributed by atoms with E-state index in [1.807, 2.05) is 67.6 Å². The van der Waals surface area contributed by atoms with Gasteiger partial charge in [0.05, 0.1) is 92.7 Å². The lowest BCUT2D eigenvalue weighted by molar-refractivity contribution is -0.142. The van der Waals surface area contributed by atoms with Crippen molar-refractivity contribution in [2.24, 2.45) is 5.41 Å². The molecule has 3 saturated heterocycles. The summed E-state index contributed by atoms with van der Waals surface area (Å²) in [5.41, 5.74) is 7.98. The fourth-order valence-electron chi connectivity index (χ4n) is 11.1. The molecule has 2 aromatic heterocycles. The molecular formula is C65H83F2N11O12S. The number of thiazole rings is 1. The highest BCUT2D eigenvalue weighted by Gasteiger charge is 2.45. The number of anilines is 3. The van der Waals surface area contributed by atoms with Crippen LogP contribution in [0.1, 0.15) is 72.8 Å². The number of amides is 5. The molecule has 26 heteroatoms. The van der Waals surface area contributed by atoms with Crippen molar-refractivity contribution in [1.29, 1.82) is 0 Å². The molecule has 3 fully saturated rings. The number of carbonyl (C=O) groups excluding carboxylic acids is 5. The summed E-state index contributed by atoms with van der Waals surface area (Å²) in [6.07, 6.45) is 0.227. The highest BCUT2D eigenvalue weighted by Crippen LogP contribution is 2.32. The number of aryl methyl sites for hydroxylation is 1. The molecule has 3 atom stereocenters. The summed E-state index contributed by atoms with van der Waals surface area (Å²) in [6, 6.07) is 20.7. The van der Waals surface area contributed by atoms with Gasteiger partial charge in [0.1, 0.15) is 30.3 Å². The zero-order chi connectivity index (χ0) is 64.3. The number of alkyl carbamates (subject to hydrolysis) is 1. The number of hydrogen-bond acceptors (Lipinski definition) is 18. The van der Waals surface area contributed by atoms with Crippen molar-refractivity contribution in [3.05, 3.63) is 124 Å². The molecule has 91 heavy (non-hydrogen) atoms. The Morgan fingerprint density at radius 3 is 2.13 bits per heavy atom. The van der Waals surface area contributed by atoms with Crippen molar-refractivity contribution in [2.45, 2.75) is 84.2 Å². The maximum atomic E-state index is 14.0. The molecule has 9 rings (SSSR count). The Hall–Kier alpha value is -7.69. The molecule has 3 aliphatic rings. The molecule has 4 aromatic carbocycles. The molecule has 23 nitrogen and oxygen atoms in total. The van der Waals surface area contributed by atoms with Crippen LogP contribution in [-0.2, 0) is 55.8 Å². The molecule has 0 spiro atoms. The summed E-state index contributed by atoms with van der Waals surface area (Å²) >= 11 is 1.56. The summed E-state index contributed by atoms with van der Waals surface area (Å²) < 4.78 is 61.2. The van der Waals surface area contributed by atoms with E-state index in [9.17, 15) is 37.9 Å². The minimum Gasteiger partial charge on any atom is -0.447 e. The van der Waals surface area contributed by atoms with Crippen molar-refractivity contribution in [3.8, 4) is 10.4 Å². The largest absolute Gasteiger partial charge is 0.447 e. The van der Waals surface area contributed by atoms with Crippen molar-refractivity contribution in [1.82, 2.24) is 40.9 Å². The molecule has 3 aliphatic heterocycles. The average Bonchev–Trinajstić information content (AvgIpc) is 1.93. The van der Waals surface area contributed by atoms with Gasteiger partial charge in [-0.15, -0.1) is 11.3 Å². The van der Waals surface area contributed by atoms with Crippen molar-refractivity contribution in [3.63, 3.8) is 0 Å². The van der Waals surface area contributed by atoms with Crippen LogP contribution in [-0.4, -0.2) is 203 Å². The number of aromatic amines is 1. The Labute approximate surface area is 532 Å². The normalized spacial score (nSPS) is 16.8. The fourth-order valence-corrected chi connectivity index (χ4v) is 11.9. The van der Waals surface area contributed by atoms with Crippen LogP contribution in [0.25, 0.3) is 21.3 Å². The third-order valence-electron chi connectivity index (χ3n) is 15.9. The van der Waals surface area contributed by atoms with Crippen molar-refractivity contribution >= 4 is 69.2 Å². The van der Waals surface area contributed by atoms with Crippen molar-refractivity contribution in [2.75, 3.05) is 134 Å². The van der Waals surface area contributed by atoms with Crippen LogP contribution in [0.4, 0.5) is 30.8 Å². The molecule has 0 aliphatic carbocycles. The first-order valence-corrected chi connectivity index (χ1v) is 31.8. The Morgan fingerprint density at radius 2 is 1.46 bits per heavy atom. The Morgan fingerprint density at radius 1 is 0.791 bits per heavy atom. The predicted octanol–water partition coefficient (Wildman–Crippen LogP) is 6.43. The Balaban J connectivity index is 0.598. The number of aliphatic hydroxyl groups is 1. The number of hydrogen-bond donors (Lipinski definition) is 7. The summed E-state index contributed by atoms with van der Waals surface area (Å²) in [5, 5.41) is 33.7. The van der Waals surface area contributed by atoms with Crippen LogP contribution < -0.4 is 31.5 Å². The summed E-state index contributed by atoms with van der Waals surface area (Å²) in [4.78, 5) is 78.3. The highest BCUT2D eigenvalue weighted by molar-refractivity contribution is 7.13. The number of aliphatic hydroxyl groups excluding tert-OH is 1. The molecule has 490 valence electrons. The topological polar surface area (TPSA) is 272 Å². The van der Waals surface area contributed by atoms with Gasteiger partial charge >= 0.3 is 6.09 Å². The lowest BCUT2D eigenvalue weighted by Gasteiger charge is -2.36. The van der Waals surface area contributed by atoms with Crippen LogP contribution in [0.15, 0.2) is 84.4 Å². The zero-order valence-electron chi connectivity index (χ0n) is 52.0. The van der Waals surface area contributed by atoms with E-state index >= 15 is 0 Å². The highest BCUT2D eigenvalue weighted by atomic mass is 32.1. The van der Waals surface area contributed by atoms with Gasteiger partial charge in [0.25, 0.3) is 5.91 Å². The van der Waals surface area contributed by atoms with Gasteiger partial charge in [0, 0.05) is 94.3 Å². The van der Waals surface area contributed by atoms with E-state index in [1.165, 1.54) is 17.0 Å². The number of carbonyl (C=O) groups is 5. The fraction of sp³-hybridized carbons (Fsp3) is 0.492. The quantitative estimate of drug-likeness (QED) is 0.0239. The molecule has 0 saturated carbocycles. The Kier molecular flexibility index (Phi) is 24.6. The maximum Gasteiger partial charge on any atom is 0.407 e. The van der Waals surface area contributed by atoms with E-state index in [4.69, 9.17) is 28.4 Å². The molecule has 6 aromatic rings. The van der Waals surface area contributed by atoms with Gasteiger partial charge in [-0.2, -0.15) is 5.10 Å². The first-order chi connectivity index (χ1) is 43.9. The third-order valence-corrected chi connectivity index (χ3v) is 16.9. The van der Waals surface area contributed by atoms with Crippen LogP contribution in [0.5, 0.6) is 0 Å². The number of likely N-dealkylation sites (tertiary alicyclic amines) is 1. The number of benzene rings is 4. The predicted molar refractivity (Wildman–Crippen MR) is 340 cm³/mol. The number of nitrogens with one attached hydrogen (secondary N) is 6. The molecule has 0 radical (unpaired) electrons. The second kappa shape index (κ2) is 33.1. The van der Waals surface area contributed by atoms with Gasteiger partial charge in [-0.05, 0) is 96.3 Å². The molecule has 0 unspecified atom stereocenters. The minimum atomic E-state index is -1.05. The molecular weight excluding hydrogens is 1200 g/mol. The minimum absolute atomic E-state index is 0.0496. The van der Waals surface area contributed by atoms with Crippen LogP contribution >= 0.6 is 11.3 Å². The molecule has 5 heterocycles. The van der Waals surface area contributed by atoms with E-state index < -0.39 is 53.1 Å². The average molecular weight is 1280 g/mol. The lowest BCUT2D eigenvalue weighted by Crippen LogP contribution is -2.57. The summed E-state index contributed by atoms with van der Waals surface area (Å²) in [6.45, 7) is 14.3. The Bertz CT molecular complexity index is 3370. The summed E-state index contributed by atoms with van der Waals surface area (Å²) in [5.74, 6) is -2.29. The number of ether oxygens (including phenoxy) is 6.